The van der Waals surface area contributed by atoms with Crippen molar-refractivity contribution in [3.63, 3.8) is 0 Å². The molecular formula is C14H10ClN3O2. The summed E-state index contributed by atoms with van der Waals surface area (Å²) >= 11 is 5.74. The summed E-state index contributed by atoms with van der Waals surface area (Å²) in [6.07, 6.45) is 0. The van der Waals surface area contributed by atoms with E-state index in [1.165, 1.54) is 6.07 Å². The highest BCUT2D eigenvalue weighted by atomic mass is 35.5. The van der Waals surface area contributed by atoms with Crippen LogP contribution in [0.5, 0.6) is 0 Å². The lowest BCUT2D eigenvalue weighted by Crippen LogP contribution is -2.06. The van der Waals surface area contributed by atoms with Crippen LogP contribution in [0.4, 0.5) is 5.82 Å². The van der Waals surface area contributed by atoms with Crippen LogP contribution in [-0.2, 0) is 6.54 Å². The van der Waals surface area contributed by atoms with Crippen molar-refractivity contribution in [1.29, 1.82) is 5.26 Å². The molecule has 0 amide bonds. The monoisotopic (exact) mass is 287 g/mol. The number of aromatic nitrogens is 1. The molecule has 0 aliphatic carbocycles. The Balaban J connectivity index is 2.13. The predicted octanol–water partition coefficient (Wildman–Crippen LogP) is 2.92. The summed E-state index contributed by atoms with van der Waals surface area (Å²) < 4.78 is 0. The van der Waals surface area contributed by atoms with Crippen molar-refractivity contribution in [2.45, 2.75) is 6.54 Å². The van der Waals surface area contributed by atoms with Gasteiger partial charge >= 0.3 is 5.97 Å². The second-order valence-electron chi connectivity index (χ2n) is 4.00. The zero-order valence-corrected chi connectivity index (χ0v) is 11.1. The van der Waals surface area contributed by atoms with Crippen LogP contribution < -0.4 is 5.32 Å². The van der Waals surface area contributed by atoms with Gasteiger partial charge < -0.3 is 10.4 Å². The van der Waals surface area contributed by atoms with E-state index in [-0.39, 0.29) is 10.7 Å². The standard InChI is InChI=1S/C14H10ClN3O2/c15-11-4-5-12(18-13(11)14(19)20)17-8-10-3-1-2-9(6-10)7-16/h1-6H,8H2,(H,17,18)(H,19,20). The Bertz CT molecular complexity index is 695. The van der Waals surface area contributed by atoms with Crippen LogP contribution in [0.3, 0.4) is 0 Å². The zero-order valence-electron chi connectivity index (χ0n) is 10.3. The number of carboxylic acids is 1. The molecule has 20 heavy (non-hydrogen) atoms. The largest absolute Gasteiger partial charge is 0.476 e. The molecule has 0 bridgehead atoms. The van der Waals surface area contributed by atoms with E-state index in [4.69, 9.17) is 22.0 Å². The first-order valence-corrected chi connectivity index (χ1v) is 6.10. The molecule has 1 aromatic carbocycles. The molecule has 0 saturated heterocycles. The molecule has 0 atom stereocenters. The number of carboxylic acid groups (broad SMARTS) is 1. The zero-order chi connectivity index (χ0) is 14.5. The lowest BCUT2D eigenvalue weighted by Gasteiger charge is -2.07. The summed E-state index contributed by atoms with van der Waals surface area (Å²) in [6.45, 7) is 0.434. The van der Waals surface area contributed by atoms with Crippen molar-refractivity contribution in [3.8, 4) is 6.07 Å². The summed E-state index contributed by atoms with van der Waals surface area (Å²) in [5, 5.41) is 20.8. The van der Waals surface area contributed by atoms with Crippen LogP contribution in [0, 0.1) is 11.3 Å². The van der Waals surface area contributed by atoms with Gasteiger partial charge in [0.05, 0.1) is 16.7 Å². The molecule has 0 aliphatic rings. The maximum Gasteiger partial charge on any atom is 0.356 e. The number of carbonyl (C=O) groups is 1. The second-order valence-corrected chi connectivity index (χ2v) is 4.41. The molecule has 1 heterocycles. The summed E-state index contributed by atoms with van der Waals surface area (Å²) in [6, 6.07) is 12.3. The minimum absolute atomic E-state index is 0.0922. The molecule has 0 unspecified atom stereocenters. The fraction of sp³-hybridized carbons (Fsp3) is 0.0714. The molecule has 5 nitrogen and oxygen atoms in total. The lowest BCUT2D eigenvalue weighted by atomic mass is 10.1. The quantitative estimate of drug-likeness (QED) is 0.903. The second kappa shape index (κ2) is 6.04. The number of aromatic carboxylic acids is 1. The van der Waals surface area contributed by atoms with Crippen LogP contribution in [0.15, 0.2) is 36.4 Å². The van der Waals surface area contributed by atoms with Crippen molar-refractivity contribution >= 4 is 23.4 Å². The first-order chi connectivity index (χ1) is 9.60. The molecule has 100 valence electrons. The smallest absolute Gasteiger partial charge is 0.356 e. The summed E-state index contributed by atoms with van der Waals surface area (Å²) in [5.74, 6) is -0.765. The van der Waals surface area contributed by atoms with E-state index in [1.54, 1.807) is 24.3 Å². The molecule has 2 aromatic rings. The number of anilines is 1. The fourth-order valence-corrected chi connectivity index (χ4v) is 1.82. The SMILES string of the molecule is N#Cc1cccc(CNc2ccc(Cl)c(C(=O)O)n2)c1. The highest BCUT2D eigenvalue weighted by Crippen LogP contribution is 2.17. The van der Waals surface area contributed by atoms with Crippen LogP contribution >= 0.6 is 11.6 Å². The fourth-order valence-electron chi connectivity index (χ4n) is 1.63. The highest BCUT2D eigenvalue weighted by Gasteiger charge is 2.11. The number of nitrogens with zero attached hydrogens (tertiary/aromatic N) is 2. The third-order valence-corrected chi connectivity index (χ3v) is 2.88. The third kappa shape index (κ3) is 3.25. The Morgan fingerprint density at radius 1 is 1.40 bits per heavy atom. The number of hydrogen-bond acceptors (Lipinski definition) is 4. The normalized spacial score (nSPS) is 9.80. The molecular weight excluding hydrogens is 278 g/mol. The maximum atomic E-state index is 10.9. The summed E-state index contributed by atoms with van der Waals surface area (Å²) in [4.78, 5) is 14.8. The molecule has 0 radical (unpaired) electrons. The number of nitriles is 1. The molecule has 6 heteroatoms. The number of rotatable bonds is 4. The van der Waals surface area contributed by atoms with Crippen molar-refractivity contribution in [1.82, 2.24) is 4.98 Å². The van der Waals surface area contributed by atoms with Gasteiger partial charge in [0.15, 0.2) is 5.69 Å². The predicted molar refractivity (Wildman–Crippen MR) is 74.7 cm³/mol. The topological polar surface area (TPSA) is 86.0 Å². The van der Waals surface area contributed by atoms with E-state index in [0.717, 1.165) is 5.56 Å². The van der Waals surface area contributed by atoms with E-state index < -0.39 is 5.97 Å². The number of hydrogen-bond donors (Lipinski definition) is 2. The molecule has 0 saturated carbocycles. The van der Waals surface area contributed by atoms with E-state index in [1.807, 2.05) is 6.07 Å². The summed E-state index contributed by atoms with van der Waals surface area (Å²) in [5.41, 5.74) is 1.28. The van der Waals surface area contributed by atoms with Gasteiger partial charge in [-0.05, 0) is 29.8 Å². The van der Waals surface area contributed by atoms with Crippen molar-refractivity contribution in [2.24, 2.45) is 0 Å². The first-order valence-electron chi connectivity index (χ1n) is 5.73. The molecule has 0 fully saturated rings. The molecule has 1 aromatic heterocycles. The average molecular weight is 288 g/mol. The van der Waals surface area contributed by atoms with Crippen LogP contribution in [0.2, 0.25) is 5.02 Å². The average Bonchev–Trinajstić information content (AvgIpc) is 2.46. The van der Waals surface area contributed by atoms with Gasteiger partial charge in [-0.3, -0.25) is 0 Å². The maximum absolute atomic E-state index is 10.9. The van der Waals surface area contributed by atoms with E-state index >= 15 is 0 Å². The van der Waals surface area contributed by atoms with Crippen LogP contribution in [0.25, 0.3) is 0 Å². The Morgan fingerprint density at radius 3 is 2.90 bits per heavy atom. The van der Waals surface area contributed by atoms with Gasteiger partial charge in [-0.2, -0.15) is 5.26 Å². The number of pyridine rings is 1. The first kappa shape index (κ1) is 13.8. The third-order valence-electron chi connectivity index (χ3n) is 2.58. The lowest BCUT2D eigenvalue weighted by molar-refractivity contribution is 0.0691. The Morgan fingerprint density at radius 2 is 2.20 bits per heavy atom. The van der Waals surface area contributed by atoms with Gasteiger partial charge in [0.25, 0.3) is 0 Å². The van der Waals surface area contributed by atoms with E-state index in [2.05, 4.69) is 16.4 Å². The van der Waals surface area contributed by atoms with Crippen LogP contribution in [-0.4, -0.2) is 16.1 Å². The number of nitrogens with one attached hydrogen (secondary N) is 1. The number of benzene rings is 1. The van der Waals surface area contributed by atoms with Crippen molar-refractivity contribution < 1.29 is 9.90 Å². The van der Waals surface area contributed by atoms with Gasteiger partial charge in [-0.25, -0.2) is 9.78 Å². The number of halogens is 1. The Labute approximate surface area is 120 Å². The molecule has 0 aliphatic heterocycles. The van der Waals surface area contributed by atoms with Crippen molar-refractivity contribution in [3.05, 3.63) is 58.2 Å². The Hall–Kier alpha value is -2.58. The van der Waals surface area contributed by atoms with Gasteiger partial charge in [0.1, 0.15) is 5.82 Å². The van der Waals surface area contributed by atoms with Gasteiger partial charge in [0.2, 0.25) is 0 Å². The molecule has 0 spiro atoms. The summed E-state index contributed by atoms with van der Waals surface area (Å²) in [7, 11) is 0. The van der Waals surface area contributed by atoms with Gasteiger partial charge in [-0.1, -0.05) is 23.7 Å². The molecule has 2 rings (SSSR count). The van der Waals surface area contributed by atoms with Gasteiger partial charge in [-0.15, -0.1) is 0 Å². The minimum Gasteiger partial charge on any atom is -0.476 e. The Kier molecular flexibility index (Phi) is 4.18. The molecule has 2 N–H and O–H groups in total. The van der Waals surface area contributed by atoms with E-state index in [0.29, 0.717) is 17.9 Å². The van der Waals surface area contributed by atoms with Crippen LogP contribution in [0.1, 0.15) is 21.6 Å². The minimum atomic E-state index is -1.18. The van der Waals surface area contributed by atoms with Crippen molar-refractivity contribution in [2.75, 3.05) is 5.32 Å². The highest BCUT2D eigenvalue weighted by molar-refractivity contribution is 6.33. The van der Waals surface area contributed by atoms with E-state index in [9.17, 15) is 4.79 Å². The van der Waals surface area contributed by atoms with Gasteiger partial charge in [0, 0.05) is 6.54 Å².